The largest absolute Gasteiger partial charge is 0.454 e. The van der Waals surface area contributed by atoms with Crippen molar-refractivity contribution in [2.45, 2.75) is 25.3 Å². The molecule has 108 valence electrons. The van der Waals surface area contributed by atoms with Gasteiger partial charge in [0.05, 0.1) is 11.0 Å². The second-order valence-electron chi connectivity index (χ2n) is 5.01. The zero-order chi connectivity index (χ0) is 13.9. The summed E-state index contributed by atoms with van der Waals surface area (Å²) in [7, 11) is 0. The average molecular weight is 279 g/mol. The molecule has 0 aromatic heterocycles. The normalized spacial score (nSPS) is 20.7. The maximum Gasteiger partial charge on any atom is 0.296 e. The first-order chi connectivity index (χ1) is 9.74. The van der Waals surface area contributed by atoms with Crippen LogP contribution in [0.2, 0.25) is 0 Å². The molecule has 2 N–H and O–H groups in total. The van der Waals surface area contributed by atoms with Gasteiger partial charge in [-0.15, -0.1) is 0 Å². The molecule has 1 aromatic carbocycles. The quantitative estimate of drug-likeness (QED) is 0.646. The van der Waals surface area contributed by atoms with Crippen LogP contribution < -0.4 is 20.1 Å². The Bertz CT molecular complexity index is 515. The van der Waals surface area contributed by atoms with Crippen molar-refractivity contribution in [1.29, 1.82) is 0 Å². The third-order valence-corrected chi connectivity index (χ3v) is 3.64. The lowest BCUT2D eigenvalue weighted by atomic mass is 10.1. The molecule has 2 aliphatic rings. The fourth-order valence-electron chi connectivity index (χ4n) is 2.56. The summed E-state index contributed by atoms with van der Waals surface area (Å²) in [6.07, 6.45) is 3.48. The van der Waals surface area contributed by atoms with E-state index < -0.39 is 4.92 Å². The highest BCUT2D eigenvalue weighted by Gasteiger charge is 2.24. The van der Waals surface area contributed by atoms with E-state index in [1.165, 1.54) is 18.9 Å². The van der Waals surface area contributed by atoms with E-state index in [-0.39, 0.29) is 12.5 Å². The molecule has 0 amide bonds. The zero-order valence-corrected chi connectivity index (χ0v) is 11.1. The van der Waals surface area contributed by atoms with Crippen LogP contribution in [0, 0.1) is 10.1 Å². The van der Waals surface area contributed by atoms with Crippen LogP contribution in [-0.2, 0) is 0 Å². The number of ether oxygens (including phenoxy) is 2. The lowest BCUT2D eigenvalue weighted by Gasteiger charge is -2.24. The van der Waals surface area contributed by atoms with Gasteiger partial charge in [-0.2, -0.15) is 0 Å². The summed E-state index contributed by atoms with van der Waals surface area (Å²) >= 11 is 0. The summed E-state index contributed by atoms with van der Waals surface area (Å²) in [5, 5.41) is 17.7. The number of hydrogen-bond acceptors (Lipinski definition) is 6. The second kappa shape index (κ2) is 5.54. The van der Waals surface area contributed by atoms with Gasteiger partial charge in [-0.3, -0.25) is 10.1 Å². The first-order valence-corrected chi connectivity index (χ1v) is 6.79. The van der Waals surface area contributed by atoms with Gasteiger partial charge in [-0.05, 0) is 19.4 Å². The highest BCUT2D eigenvalue weighted by molar-refractivity contribution is 5.69. The van der Waals surface area contributed by atoms with Crippen LogP contribution in [0.1, 0.15) is 19.3 Å². The predicted octanol–water partition coefficient (Wildman–Crippen LogP) is 1.88. The first kappa shape index (κ1) is 13.0. The molecule has 0 bridgehead atoms. The van der Waals surface area contributed by atoms with Gasteiger partial charge in [0.25, 0.3) is 5.69 Å². The minimum atomic E-state index is -0.404. The smallest absolute Gasteiger partial charge is 0.296 e. The van der Waals surface area contributed by atoms with Crippen LogP contribution in [-0.4, -0.2) is 30.8 Å². The molecule has 0 aliphatic carbocycles. The van der Waals surface area contributed by atoms with Crippen molar-refractivity contribution in [2.24, 2.45) is 0 Å². The molecule has 2 aliphatic heterocycles. The van der Waals surface area contributed by atoms with Crippen molar-refractivity contribution < 1.29 is 14.4 Å². The van der Waals surface area contributed by atoms with E-state index in [0.29, 0.717) is 29.8 Å². The zero-order valence-electron chi connectivity index (χ0n) is 11.1. The van der Waals surface area contributed by atoms with Gasteiger partial charge in [0.15, 0.2) is 11.5 Å². The summed E-state index contributed by atoms with van der Waals surface area (Å²) in [5.41, 5.74) is 0.497. The molecule has 3 rings (SSSR count). The molecule has 2 heterocycles. The highest BCUT2D eigenvalue weighted by Crippen LogP contribution is 2.40. The van der Waals surface area contributed by atoms with Crippen LogP contribution in [0.25, 0.3) is 0 Å². The van der Waals surface area contributed by atoms with Gasteiger partial charge in [0, 0.05) is 18.7 Å². The molecule has 7 nitrogen and oxygen atoms in total. The number of fused-ring (bicyclic) bond motifs is 1. The second-order valence-corrected chi connectivity index (χ2v) is 5.01. The highest BCUT2D eigenvalue weighted by atomic mass is 16.7. The Morgan fingerprint density at radius 2 is 2.15 bits per heavy atom. The molecular formula is C13H17N3O4. The molecule has 0 saturated carbocycles. The molecule has 0 spiro atoms. The Morgan fingerprint density at radius 3 is 2.85 bits per heavy atom. The number of hydrogen-bond donors (Lipinski definition) is 2. The molecule has 0 radical (unpaired) electrons. The van der Waals surface area contributed by atoms with Gasteiger partial charge >= 0.3 is 0 Å². The third kappa shape index (κ3) is 2.62. The molecule has 1 atom stereocenters. The van der Waals surface area contributed by atoms with Crippen molar-refractivity contribution in [2.75, 3.05) is 25.2 Å². The Hall–Kier alpha value is -2.02. The van der Waals surface area contributed by atoms with E-state index in [2.05, 4.69) is 10.6 Å². The summed E-state index contributed by atoms with van der Waals surface area (Å²) in [6.45, 7) is 1.79. The minimum Gasteiger partial charge on any atom is -0.454 e. The number of anilines is 1. The lowest BCUT2D eigenvalue weighted by Crippen LogP contribution is -2.39. The van der Waals surface area contributed by atoms with Gasteiger partial charge in [-0.25, -0.2) is 0 Å². The molecule has 1 unspecified atom stereocenters. The van der Waals surface area contributed by atoms with Crippen molar-refractivity contribution in [3.8, 4) is 11.5 Å². The molecule has 20 heavy (non-hydrogen) atoms. The molecule has 1 aromatic rings. The number of nitro benzene ring substituents is 1. The van der Waals surface area contributed by atoms with Gasteiger partial charge in [-0.1, -0.05) is 6.42 Å². The van der Waals surface area contributed by atoms with E-state index >= 15 is 0 Å². The molecule has 1 saturated heterocycles. The van der Waals surface area contributed by atoms with Gasteiger partial charge in [0.1, 0.15) is 5.69 Å². The molecule has 7 heteroatoms. The number of rotatable bonds is 4. The molecule has 1 fully saturated rings. The summed E-state index contributed by atoms with van der Waals surface area (Å²) < 4.78 is 10.4. The third-order valence-electron chi connectivity index (χ3n) is 3.64. The maximum absolute atomic E-state index is 11.1. The monoisotopic (exact) mass is 279 g/mol. The Labute approximate surface area is 116 Å². The van der Waals surface area contributed by atoms with Crippen LogP contribution in [0.15, 0.2) is 12.1 Å². The van der Waals surface area contributed by atoms with Crippen molar-refractivity contribution in [3.63, 3.8) is 0 Å². The van der Waals surface area contributed by atoms with Crippen LogP contribution in [0.4, 0.5) is 11.4 Å². The Balaban J connectivity index is 1.75. The van der Waals surface area contributed by atoms with Gasteiger partial charge in [0.2, 0.25) is 6.79 Å². The number of benzene rings is 1. The standard InChI is InChI=1S/C13H17N3O4/c17-16(18)11-6-13-12(19-8-20-13)5-10(11)15-7-9-3-1-2-4-14-9/h5-6,9,14-15H,1-4,7-8H2. The fourth-order valence-corrected chi connectivity index (χ4v) is 2.56. The van der Waals surface area contributed by atoms with E-state index in [1.54, 1.807) is 6.07 Å². The summed E-state index contributed by atoms with van der Waals surface area (Å²) in [6, 6.07) is 3.41. The van der Waals surface area contributed by atoms with Crippen LogP contribution >= 0.6 is 0 Å². The maximum atomic E-state index is 11.1. The lowest BCUT2D eigenvalue weighted by molar-refractivity contribution is -0.384. The summed E-state index contributed by atoms with van der Waals surface area (Å²) in [4.78, 5) is 10.7. The number of nitrogens with one attached hydrogen (secondary N) is 2. The number of nitrogens with zero attached hydrogens (tertiary/aromatic N) is 1. The van der Waals surface area contributed by atoms with E-state index in [1.807, 2.05) is 0 Å². The van der Waals surface area contributed by atoms with Crippen LogP contribution in [0.5, 0.6) is 11.5 Å². The van der Waals surface area contributed by atoms with E-state index in [9.17, 15) is 10.1 Å². The van der Waals surface area contributed by atoms with E-state index in [0.717, 1.165) is 13.0 Å². The van der Waals surface area contributed by atoms with Crippen molar-refractivity contribution in [3.05, 3.63) is 22.2 Å². The first-order valence-electron chi connectivity index (χ1n) is 6.79. The summed E-state index contributed by atoms with van der Waals surface area (Å²) in [5.74, 6) is 0.979. The van der Waals surface area contributed by atoms with E-state index in [4.69, 9.17) is 9.47 Å². The predicted molar refractivity (Wildman–Crippen MR) is 73.4 cm³/mol. The average Bonchev–Trinajstić information content (AvgIpc) is 2.92. The number of nitro groups is 1. The topological polar surface area (TPSA) is 85.7 Å². The SMILES string of the molecule is O=[N+]([O-])c1cc2c(cc1NCC1CCCCN1)OCO2. The molecular weight excluding hydrogens is 262 g/mol. The number of piperidine rings is 1. The fraction of sp³-hybridized carbons (Fsp3) is 0.538. The minimum absolute atomic E-state index is 0.0186. The Kier molecular flexibility index (Phi) is 3.60. The van der Waals surface area contributed by atoms with Crippen molar-refractivity contribution in [1.82, 2.24) is 5.32 Å². The Morgan fingerprint density at radius 1 is 1.35 bits per heavy atom. The van der Waals surface area contributed by atoms with Crippen LogP contribution in [0.3, 0.4) is 0 Å². The van der Waals surface area contributed by atoms with Gasteiger partial charge < -0.3 is 20.1 Å². The van der Waals surface area contributed by atoms with Crippen molar-refractivity contribution >= 4 is 11.4 Å².